The second kappa shape index (κ2) is 10.3. The fourth-order valence-corrected chi connectivity index (χ4v) is 5.61. The Balaban J connectivity index is 1.44. The first kappa shape index (κ1) is 28.0. The zero-order valence-corrected chi connectivity index (χ0v) is 23.6. The molecule has 2 heterocycles. The fourth-order valence-electron chi connectivity index (χ4n) is 5.61. The molecule has 38 heavy (non-hydrogen) atoms. The van der Waals surface area contributed by atoms with Gasteiger partial charge in [0.2, 0.25) is 0 Å². The number of phenols is 1. The van der Waals surface area contributed by atoms with Crippen LogP contribution in [0.25, 0.3) is 16.7 Å². The smallest absolute Gasteiger partial charge is 0.306 e. The van der Waals surface area contributed by atoms with Crippen molar-refractivity contribution in [2.45, 2.75) is 90.3 Å². The average molecular weight is 524 g/mol. The van der Waals surface area contributed by atoms with Gasteiger partial charge in [0.15, 0.2) is 0 Å². The van der Waals surface area contributed by atoms with Crippen molar-refractivity contribution in [3.05, 3.63) is 52.7 Å². The molecule has 3 N–H and O–H groups in total. The molecule has 1 saturated heterocycles. The Hall–Kier alpha value is -3.01. The normalized spacial score (nSPS) is 20.9. The number of hydrogen-bond donors (Lipinski definition) is 3. The molecule has 2 atom stereocenters. The number of carbonyl (C=O) groups excluding carboxylic acids is 1. The van der Waals surface area contributed by atoms with Gasteiger partial charge < -0.3 is 20.1 Å². The van der Waals surface area contributed by atoms with E-state index in [1.807, 2.05) is 84.9 Å². The molecule has 0 aliphatic carbocycles. The van der Waals surface area contributed by atoms with Gasteiger partial charge in [-0.15, -0.1) is 15.0 Å². The van der Waals surface area contributed by atoms with Crippen molar-refractivity contribution in [3.8, 4) is 11.4 Å². The Bertz CT molecular complexity index is 1280. The van der Waals surface area contributed by atoms with Gasteiger partial charge in [-0.25, -0.2) is 0 Å². The van der Waals surface area contributed by atoms with Crippen LogP contribution in [0, 0.1) is 5.21 Å². The van der Waals surface area contributed by atoms with Crippen LogP contribution in [0.4, 0.5) is 0 Å². The summed E-state index contributed by atoms with van der Waals surface area (Å²) in [5, 5.41) is 36.7. The van der Waals surface area contributed by atoms with Crippen LogP contribution in [-0.4, -0.2) is 56.3 Å². The molecule has 1 aliphatic rings. The number of fused-ring (bicyclic) bond motifs is 1. The van der Waals surface area contributed by atoms with Crippen LogP contribution in [0.15, 0.2) is 36.4 Å². The number of nitrogens with one attached hydrogen (secondary N) is 2. The minimum Gasteiger partial charge on any atom is -0.634 e. The molecule has 0 spiro atoms. The predicted octanol–water partition coefficient (Wildman–Crippen LogP) is 3.20. The Morgan fingerprint density at radius 1 is 1.18 bits per heavy atom. The van der Waals surface area contributed by atoms with Gasteiger partial charge in [0.05, 0.1) is 24.2 Å². The molecular formula is C29H41N5O4. The third-order valence-corrected chi connectivity index (χ3v) is 7.28. The van der Waals surface area contributed by atoms with Gasteiger partial charge in [-0.1, -0.05) is 39.0 Å². The Morgan fingerprint density at radius 2 is 1.82 bits per heavy atom. The number of nitrogens with zero attached hydrogens (tertiary/aromatic N) is 3. The number of ether oxygens (including phenoxy) is 1. The SMILES string of the molecule is CC1(C)C[NH+]([O-])C(CCOC(=O)CCc2cc(-n3nc4ccccc4n3)c(O)c(C(C)(C)C)c2)C(C)(C)N1. The van der Waals surface area contributed by atoms with E-state index in [1.165, 1.54) is 4.80 Å². The van der Waals surface area contributed by atoms with E-state index >= 15 is 0 Å². The van der Waals surface area contributed by atoms with Crippen molar-refractivity contribution in [1.82, 2.24) is 20.3 Å². The lowest BCUT2D eigenvalue weighted by Crippen LogP contribution is -3.18. The van der Waals surface area contributed by atoms with Gasteiger partial charge in [0.25, 0.3) is 0 Å². The average Bonchev–Trinajstić information content (AvgIpc) is 3.22. The van der Waals surface area contributed by atoms with Gasteiger partial charge in [0.1, 0.15) is 28.5 Å². The van der Waals surface area contributed by atoms with E-state index in [-0.39, 0.29) is 52.3 Å². The molecule has 3 aromatic rings. The molecule has 0 saturated carbocycles. The Kier molecular flexibility index (Phi) is 7.58. The molecule has 1 fully saturated rings. The van der Waals surface area contributed by atoms with Crippen LogP contribution < -0.4 is 10.4 Å². The van der Waals surface area contributed by atoms with E-state index in [9.17, 15) is 15.1 Å². The molecule has 9 nitrogen and oxygen atoms in total. The van der Waals surface area contributed by atoms with Crippen LogP contribution in [0.3, 0.4) is 0 Å². The van der Waals surface area contributed by atoms with Crippen molar-refractivity contribution in [1.29, 1.82) is 0 Å². The van der Waals surface area contributed by atoms with Crippen molar-refractivity contribution in [3.63, 3.8) is 0 Å². The topological polar surface area (TPSA) is 117 Å². The summed E-state index contributed by atoms with van der Waals surface area (Å²) in [6, 6.07) is 11.1. The van der Waals surface area contributed by atoms with Crippen molar-refractivity contribution < 1.29 is 19.7 Å². The maximum Gasteiger partial charge on any atom is 0.306 e. The van der Waals surface area contributed by atoms with E-state index < -0.39 is 0 Å². The molecule has 9 heteroatoms. The lowest BCUT2D eigenvalue weighted by atomic mass is 9.84. The van der Waals surface area contributed by atoms with Crippen molar-refractivity contribution in [2.75, 3.05) is 13.2 Å². The minimum atomic E-state index is -0.359. The largest absolute Gasteiger partial charge is 0.634 e. The molecular weight excluding hydrogens is 482 g/mol. The number of hydroxylamine groups is 2. The Morgan fingerprint density at radius 3 is 2.39 bits per heavy atom. The monoisotopic (exact) mass is 523 g/mol. The van der Waals surface area contributed by atoms with Gasteiger partial charge in [0, 0.05) is 18.4 Å². The third-order valence-electron chi connectivity index (χ3n) is 7.28. The number of rotatable bonds is 7. The number of aryl methyl sites for hydroxylation is 1. The van der Waals surface area contributed by atoms with Gasteiger partial charge >= 0.3 is 5.97 Å². The molecule has 0 amide bonds. The number of hydrogen-bond acceptors (Lipinski definition) is 7. The predicted molar refractivity (Wildman–Crippen MR) is 147 cm³/mol. The molecule has 206 valence electrons. The summed E-state index contributed by atoms with van der Waals surface area (Å²) in [5.41, 5.74) is 2.66. The van der Waals surface area contributed by atoms with Crippen LogP contribution in [0.5, 0.6) is 5.75 Å². The third kappa shape index (κ3) is 6.17. The summed E-state index contributed by atoms with van der Waals surface area (Å²) < 4.78 is 5.54. The molecule has 2 unspecified atom stereocenters. The summed E-state index contributed by atoms with van der Waals surface area (Å²) in [5.74, 6) is -0.185. The first-order valence-corrected chi connectivity index (χ1v) is 13.3. The first-order valence-electron chi connectivity index (χ1n) is 13.3. The fraction of sp³-hybridized carbons (Fsp3) is 0.552. The highest BCUT2D eigenvalue weighted by Crippen LogP contribution is 2.36. The molecule has 2 aromatic carbocycles. The van der Waals surface area contributed by atoms with Crippen molar-refractivity contribution in [2.24, 2.45) is 0 Å². The number of piperazine rings is 1. The van der Waals surface area contributed by atoms with E-state index in [2.05, 4.69) is 15.5 Å². The van der Waals surface area contributed by atoms with E-state index in [1.54, 1.807) is 0 Å². The second-order valence-electron chi connectivity index (χ2n) is 12.7. The summed E-state index contributed by atoms with van der Waals surface area (Å²) in [7, 11) is 0. The summed E-state index contributed by atoms with van der Waals surface area (Å²) in [6.45, 7) is 14.9. The molecule has 0 bridgehead atoms. The zero-order valence-electron chi connectivity index (χ0n) is 23.6. The van der Waals surface area contributed by atoms with Crippen LogP contribution in [0.2, 0.25) is 0 Å². The van der Waals surface area contributed by atoms with Crippen LogP contribution >= 0.6 is 0 Å². The number of carbonyl (C=O) groups is 1. The second-order valence-corrected chi connectivity index (χ2v) is 12.7. The number of aromatic hydroxyl groups is 1. The lowest BCUT2D eigenvalue weighted by Gasteiger charge is -2.52. The molecule has 1 aromatic heterocycles. The van der Waals surface area contributed by atoms with Gasteiger partial charge in [-0.05, 0) is 63.3 Å². The maximum atomic E-state index is 12.7. The van der Waals surface area contributed by atoms with Gasteiger partial charge in [-0.3, -0.25) is 10.1 Å². The van der Waals surface area contributed by atoms with Crippen molar-refractivity contribution >= 4 is 17.0 Å². The highest BCUT2D eigenvalue weighted by molar-refractivity contribution is 5.74. The summed E-state index contributed by atoms with van der Waals surface area (Å²) in [4.78, 5) is 14.1. The Labute approximate surface area is 224 Å². The number of phenolic OH excluding ortho intramolecular Hbond substituents is 1. The number of aromatic nitrogens is 3. The summed E-state index contributed by atoms with van der Waals surface area (Å²) >= 11 is 0. The standard InChI is InChI=1S/C29H41N5O4/c1-27(2,3)20-16-19(17-23(26(20)36)34-30-21-10-8-9-11-22(21)31-34)12-13-25(35)38-15-14-24-29(6,7)32-28(4,5)18-33(24)37/h8-11,16-17,24,32-33,36H,12-15,18H2,1-7H3. The number of quaternary nitrogens is 1. The number of benzene rings is 2. The summed E-state index contributed by atoms with van der Waals surface area (Å²) in [6.07, 6.45) is 1.13. The zero-order chi connectivity index (χ0) is 27.9. The maximum absolute atomic E-state index is 12.7. The number of esters is 1. The minimum absolute atomic E-state index is 0.126. The van der Waals surface area contributed by atoms with Crippen LogP contribution in [-0.2, 0) is 21.4 Å². The lowest BCUT2D eigenvalue weighted by molar-refractivity contribution is -0.892. The van der Waals surface area contributed by atoms with Crippen LogP contribution in [0.1, 0.15) is 72.4 Å². The first-order chi connectivity index (χ1) is 17.7. The quantitative estimate of drug-likeness (QED) is 0.322. The molecule has 1 aliphatic heterocycles. The van der Waals surface area contributed by atoms with E-state index in [4.69, 9.17) is 4.74 Å². The van der Waals surface area contributed by atoms with E-state index in [0.29, 0.717) is 25.1 Å². The molecule has 0 radical (unpaired) electrons. The highest BCUT2D eigenvalue weighted by Gasteiger charge is 2.44. The van der Waals surface area contributed by atoms with E-state index in [0.717, 1.165) is 22.2 Å². The van der Waals surface area contributed by atoms with Gasteiger partial charge in [-0.2, -0.15) is 0 Å². The molecule has 4 rings (SSSR count). The highest BCUT2D eigenvalue weighted by atomic mass is 16.5.